The fourth-order valence-electron chi connectivity index (χ4n) is 1.34. The van der Waals surface area contributed by atoms with E-state index in [-0.39, 0.29) is 0 Å². The molecule has 1 unspecified atom stereocenters. The predicted octanol–water partition coefficient (Wildman–Crippen LogP) is 4.22. The van der Waals surface area contributed by atoms with Gasteiger partial charge in [-0.3, -0.25) is 0 Å². The lowest BCUT2D eigenvalue weighted by atomic mass is 10.1. The highest BCUT2D eigenvalue weighted by Gasteiger charge is 2.10. The third-order valence-corrected chi connectivity index (χ3v) is 3.74. The Morgan fingerprint density at radius 2 is 2.29 bits per heavy atom. The topological polar surface area (TPSA) is 9.23 Å². The maximum Gasteiger partial charge on any atom is 0.123 e. The zero-order chi connectivity index (χ0) is 10.6. The standard InChI is InChI=1S/C12H15IO/c1-4-9-6-7-12(14-3)10(8-9)11(13)5-2/h4,6-8,11H,1,5H2,2-3H3. The van der Waals surface area contributed by atoms with Crippen LogP contribution in [-0.4, -0.2) is 7.11 Å². The van der Waals surface area contributed by atoms with Crippen LogP contribution in [0.2, 0.25) is 0 Å². The molecule has 0 aliphatic carbocycles. The Kier molecular flexibility index (Phi) is 4.45. The molecule has 2 heteroatoms. The van der Waals surface area contributed by atoms with Crippen LogP contribution in [0.25, 0.3) is 6.08 Å². The van der Waals surface area contributed by atoms with Gasteiger partial charge in [-0.15, -0.1) is 0 Å². The Balaban J connectivity index is 3.14. The van der Waals surface area contributed by atoms with E-state index in [9.17, 15) is 0 Å². The van der Waals surface area contributed by atoms with Crippen molar-refractivity contribution in [2.75, 3.05) is 7.11 Å². The average Bonchev–Trinajstić information content (AvgIpc) is 2.27. The molecule has 0 aromatic heterocycles. The van der Waals surface area contributed by atoms with Gasteiger partial charge in [-0.05, 0) is 24.1 Å². The van der Waals surface area contributed by atoms with Gasteiger partial charge in [-0.25, -0.2) is 0 Å². The summed E-state index contributed by atoms with van der Waals surface area (Å²) in [5.41, 5.74) is 2.41. The number of hydrogen-bond acceptors (Lipinski definition) is 1. The summed E-state index contributed by atoms with van der Waals surface area (Å²) < 4.78 is 5.83. The van der Waals surface area contributed by atoms with Crippen molar-refractivity contribution in [1.82, 2.24) is 0 Å². The second-order valence-electron chi connectivity index (χ2n) is 3.08. The van der Waals surface area contributed by atoms with Crippen molar-refractivity contribution in [3.63, 3.8) is 0 Å². The summed E-state index contributed by atoms with van der Waals surface area (Å²) in [5.74, 6) is 0.969. The lowest BCUT2D eigenvalue weighted by Crippen LogP contribution is -1.94. The second-order valence-corrected chi connectivity index (χ2v) is 4.58. The molecule has 76 valence electrons. The molecule has 0 aliphatic rings. The monoisotopic (exact) mass is 302 g/mol. The molecule has 0 N–H and O–H groups in total. The van der Waals surface area contributed by atoms with Crippen LogP contribution in [0.5, 0.6) is 5.75 Å². The van der Waals surface area contributed by atoms with Crippen LogP contribution in [0.1, 0.15) is 28.4 Å². The summed E-state index contributed by atoms with van der Waals surface area (Å²) in [6.45, 7) is 5.95. The molecule has 0 amide bonds. The first kappa shape index (κ1) is 11.6. The maximum absolute atomic E-state index is 5.33. The van der Waals surface area contributed by atoms with Crippen LogP contribution in [0.15, 0.2) is 24.8 Å². The molecule has 0 radical (unpaired) electrons. The van der Waals surface area contributed by atoms with Gasteiger partial charge in [0.05, 0.1) is 7.11 Å². The number of rotatable bonds is 4. The molecule has 0 aliphatic heterocycles. The van der Waals surface area contributed by atoms with E-state index in [0.717, 1.165) is 17.7 Å². The van der Waals surface area contributed by atoms with Gasteiger partial charge in [-0.2, -0.15) is 0 Å². The molecule has 0 saturated carbocycles. The summed E-state index contributed by atoms with van der Waals surface area (Å²) in [4.78, 5) is 0. The van der Waals surface area contributed by atoms with E-state index in [1.807, 2.05) is 18.2 Å². The van der Waals surface area contributed by atoms with E-state index < -0.39 is 0 Å². The van der Waals surface area contributed by atoms with E-state index in [2.05, 4.69) is 42.2 Å². The Hall–Kier alpha value is -0.510. The Morgan fingerprint density at radius 3 is 2.79 bits per heavy atom. The molecule has 1 nitrogen and oxygen atoms in total. The number of ether oxygens (including phenoxy) is 1. The van der Waals surface area contributed by atoms with Crippen LogP contribution in [0.3, 0.4) is 0 Å². The zero-order valence-corrected chi connectivity index (χ0v) is 10.7. The number of benzene rings is 1. The molecule has 0 saturated heterocycles. The van der Waals surface area contributed by atoms with E-state index in [0.29, 0.717) is 3.92 Å². The first-order valence-electron chi connectivity index (χ1n) is 4.67. The van der Waals surface area contributed by atoms with Crippen molar-refractivity contribution < 1.29 is 4.74 Å². The molecule has 1 atom stereocenters. The fourth-order valence-corrected chi connectivity index (χ4v) is 1.83. The molecule has 1 aromatic carbocycles. The number of halogens is 1. The number of alkyl halides is 1. The average molecular weight is 302 g/mol. The minimum atomic E-state index is 0.502. The van der Waals surface area contributed by atoms with Crippen molar-refractivity contribution in [3.05, 3.63) is 35.9 Å². The Bertz CT molecular complexity index is 320. The lowest BCUT2D eigenvalue weighted by Gasteiger charge is -2.13. The summed E-state index contributed by atoms with van der Waals surface area (Å²) in [6, 6.07) is 6.18. The molecule has 14 heavy (non-hydrogen) atoms. The summed E-state index contributed by atoms with van der Waals surface area (Å²) in [6.07, 6.45) is 2.97. The van der Waals surface area contributed by atoms with Crippen molar-refractivity contribution in [1.29, 1.82) is 0 Å². The predicted molar refractivity (Wildman–Crippen MR) is 70.1 cm³/mol. The third kappa shape index (κ3) is 2.50. The van der Waals surface area contributed by atoms with Crippen molar-refractivity contribution in [3.8, 4) is 5.75 Å². The summed E-state index contributed by atoms with van der Waals surface area (Å²) in [7, 11) is 1.71. The van der Waals surface area contributed by atoms with Gasteiger partial charge in [0.25, 0.3) is 0 Å². The van der Waals surface area contributed by atoms with E-state index in [1.54, 1.807) is 7.11 Å². The molecular formula is C12H15IO. The zero-order valence-electron chi connectivity index (χ0n) is 8.59. The van der Waals surface area contributed by atoms with Gasteiger partial charge >= 0.3 is 0 Å². The number of hydrogen-bond donors (Lipinski definition) is 0. The molecular weight excluding hydrogens is 287 g/mol. The van der Waals surface area contributed by atoms with Crippen molar-refractivity contribution in [2.45, 2.75) is 17.3 Å². The maximum atomic E-state index is 5.33. The molecule has 0 bridgehead atoms. The highest BCUT2D eigenvalue weighted by molar-refractivity contribution is 14.1. The van der Waals surface area contributed by atoms with Crippen LogP contribution >= 0.6 is 22.6 Å². The Morgan fingerprint density at radius 1 is 1.57 bits per heavy atom. The normalized spacial score (nSPS) is 12.2. The molecule has 0 fully saturated rings. The minimum absolute atomic E-state index is 0.502. The highest BCUT2D eigenvalue weighted by Crippen LogP contribution is 2.34. The first-order valence-corrected chi connectivity index (χ1v) is 5.92. The third-order valence-electron chi connectivity index (χ3n) is 2.19. The van der Waals surface area contributed by atoms with Gasteiger partial charge < -0.3 is 4.74 Å². The molecule has 1 rings (SSSR count). The first-order chi connectivity index (χ1) is 6.72. The van der Waals surface area contributed by atoms with E-state index in [4.69, 9.17) is 4.74 Å². The van der Waals surface area contributed by atoms with Crippen LogP contribution in [0.4, 0.5) is 0 Å². The van der Waals surface area contributed by atoms with E-state index >= 15 is 0 Å². The van der Waals surface area contributed by atoms with Crippen molar-refractivity contribution >= 4 is 28.7 Å². The van der Waals surface area contributed by atoms with Gasteiger partial charge in [0.15, 0.2) is 0 Å². The Labute approximate surface area is 99.3 Å². The van der Waals surface area contributed by atoms with E-state index in [1.165, 1.54) is 5.56 Å². The van der Waals surface area contributed by atoms with Gasteiger partial charge in [-0.1, -0.05) is 48.2 Å². The fraction of sp³-hybridized carbons (Fsp3) is 0.333. The summed E-state index contributed by atoms with van der Waals surface area (Å²) >= 11 is 2.44. The lowest BCUT2D eigenvalue weighted by molar-refractivity contribution is 0.409. The SMILES string of the molecule is C=Cc1ccc(OC)c(C(I)CC)c1. The highest BCUT2D eigenvalue weighted by atomic mass is 127. The minimum Gasteiger partial charge on any atom is -0.496 e. The van der Waals surface area contributed by atoms with Gasteiger partial charge in [0.2, 0.25) is 0 Å². The van der Waals surface area contributed by atoms with Gasteiger partial charge in [0.1, 0.15) is 5.75 Å². The van der Waals surface area contributed by atoms with Crippen molar-refractivity contribution in [2.24, 2.45) is 0 Å². The number of methoxy groups -OCH3 is 1. The van der Waals surface area contributed by atoms with Crippen LogP contribution < -0.4 is 4.74 Å². The molecule has 0 spiro atoms. The smallest absolute Gasteiger partial charge is 0.123 e. The second kappa shape index (κ2) is 5.39. The van der Waals surface area contributed by atoms with Crippen LogP contribution in [0, 0.1) is 0 Å². The largest absolute Gasteiger partial charge is 0.496 e. The molecule has 0 heterocycles. The van der Waals surface area contributed by atoms with Gasteiger partial charge in [0, 0.05) is 9.49 Å². The summed E-state index contributed by atoms with van der Waals surface area (Å²) in [5, 5.41) is 0. The quantitative estimate of drug-likeness (QED) is 0.597. The molecule has 1 aromatic rings. The van der Waals surface area contributed by atoms with Crippen LogP contribution in [-0.2, 0) is 0 Å².